The van der Waals surface area contributed by atoms with E-state index in [1.165, 1.54) is 17.2 Å². The Kier molecular flexibility index (Phi) is 10.5. The SMILES string of the molecule is Nc1ncn([C@H]2C[C@H](OCc3ccccc3)[C@H](COP(=O)(O)O[C@H]3C[C@H](n4cnc5c(=O)[nH]c(N)nc54)O[C@@H]3COCc3ccccc3)O2)c(=O)n1. The number of phosphoric ester groups is 1. The van der Waals surface area contributed by atoms with E-state index in [2.05, 4.69) is 24.9 Å². The fourth-order valence-corrected chi connectivity index (χ4v) is 7.01. The largest absolute Gasteiger partial charge is 0.472 e. The van der Waals surface area contributed by atoms with Gasteiger partial charge >= 0.3 is 13.5 Å². The zero-order valence-electron chi connectivity index (χ0n) is 27.5. The van der Waals surface area contributed by atoms with Crippen LogP contribution in [0.25, 0.3) is 11.2 Å². The first-order valence-corrected chi connectivity index (χ1v) is 17.8. The normalized spacial score (nSPS) is 24.3. The molecule has 1 unspecified atom stereocenters. The molecule has 3 aromatic heterocycles. The molecule has 0 amide bonds. The Labute approximate surface area is 295 Å². The molecule has 5 heterocycles. The topological polar surface area (TPSA) is 256 Å². The number of nitrogen functional groups attached to an aromatic ring is 2. The number of H-pyrrole nitrogens is 1. The molecule has 7 rings (SSSR count). The molecular formula is C32H36N9O10P. The van der Waals surface area contributed by atoms with Crippen LogP contribution in [0.4, 0.5) is 11.9 Å². The van der Waals surface area contributed by atoms with E-state index in [0.29, 0.717) is 0 Å². The number of anilines is 2. The molecule has 2 saturated heterocycles. The van der Waals surface area contributed by atoms with Gasteiger partial charge in [0.2, 0.25) is 11.9 Å². The Balaban J connectivity index is 1.06. The van der Waals surface area contributed by atoms with Crippen molar-refractivity contribution >= 4 is 30.9 Å². The van der Waals surface area contributed by atoms with Gasteiger partial charge in [0.1, 0.15) is 37.1 Å². The van der Waals surface area contributed by atoms with Crippen LogP contribution in [0.3, 0.4) is 0 Å². The predicted octanol–water partition coefficient (Wildman–Crippen LogP) is 1.82. The van der Waals surface area contributed by atoms with Gasteiger partial charge in [0.15, 0.2) is 11.2 Å². The quantitative estimate of drug-likeness (QED) is 0.119. The number of benzene rings is 2. The van der Waals surface area contributed by atoms with Crippen LogP contribution in [0, 0.1) is 0 Å². The van der Waals surface area contributed by atoms with Crippen molar-refractivity contribution in [1.82, 2.24) is 34.1 Å². The standard InChI is InChI=1S/C32H36N9O10P/c33-30-36-18-41(32(43)39-30)26-11-21(47-14-20-9-5-2-6-10-20)24(50-26)16-48-52(44,45)51-22-12-25(40-17-35-27-28(40)37-31(34)38-29(27)42)49-23(22)15-46-13-19-7-3-1-4-8-19/h1-10,17-18,21-26H,11-16H2,(H,44,45)(H2,33,39,43)(H3,34,37,38,42)/t21-,22-,23+,24-,25+,26+/m0/s1. The number of rotatable bonds is 14. The summed E-state index contributed by atoms with van der Waals surface area (Å²) in [6, 6.07) is 18.8. The first-order chi connectivity index (χ1) is 25.1. The second-order valence-corrected chi connectivity index (χ2v) is 13.6. The maximum absolute atomic E-state index is 13.5. The smallest absolute Gasteiger partial charge is 0.374 e. The molecule has 6 N–H and O–H groups in total. The molecule has 19 nitrogen and oxygen atoms in total. The Bertz CT molecular complexity index is 2150. The van der Waals surface area contributed by atoms with E-state index in [0.717, 1.165) is 15.7 Å². The van der Waals surface area contributed by atoms with Crippen molar-refractivity contribution in [3.05, 3.63) is 105 Å². The molecular weight excluding hydrogens is 701 g/mol. The van der Waals surface area contributed by atoms with Gasteiger partial charge in [0.25, 0.3) is 5.56 Å². The molecule has 20 heteroatoms. The summed E-state index contributed by atoms with van der Waals surface area (Å²) in [7, 11) is -4.80. The van der Waals surface area contributed by atoms with Gasteiger partial charge in [-0.15, -0.1) is 0 Å². The highest BCUT2D eigenvalue weighted by atomic mass is 31.2. The molecule has 2 fully saturated rings. The van der Waals surface area contributed by atoms with Crippen LogP contribution in [0.2, 0.25) is 0 Å². The highest BCUT2D eigenvalue weighted by Gasteiger charge is 2.44. The van der Waals surface area contributed by atoms with E-state index in [1.807, 2.05) is 60.7 Å². The van der Waals surface area contributed by atoms with Crippen LogP contribution >= 0.6 is 7.82 Å². The van der Waals surface area contributed by atoms with Crippen LogP contribution in [-0.2, 0) is 45.8 Å². The second kappa shape index (κ2) is 15.4. The summed E-state index contributed by atoms with van der Waals surface area (Å²) >= 11 is 0. The lowest BCUT2D eigenvalue weighted by Crippen LogP contribution is -2.31. The molecule has 0 bridgehead atoms. The van der Waals surface area contributed by atoms with Crippen LogP contribution < -0.4 is 22.7 Å². The first-order valence-electron chi connectivity index (χ1n) is 16.3. The molecule has 7 atom stereocenters. The van der Waals surface area contributed by atoms with Gasteiger partial charge in [-0.05, 0) is 11.1 Å². The van der Waals surface area contributed by atoms with Crippen LogP contribution in [-0.4, -0.2) is 76.6 Å². The summed E-state index contributed by atoms with van der Waals surface area (Å²) in [5.41, 5.74) is 12.1. The highest BCUT2D eigenvalue weighted by molar-refractivity contribution is 7.47. The predicted molar refractivity (Wildman–Crippen MR) is 182 cm³/mol. The van der Waals surface area contributed by atoms with E-state index in [9.17, 15) is 19.0 Å². The number of phosphoric acid groups is 1. The Morgan fingerprint density at radius 2 is 1.48 bits per heavy atom. The molecule has 2 aliphatic rings. The van der Waals surface area contributed by atoms with Crippen molar-refractivity contribution in [3.8, 4) is 0 Å². The van der Waals surface area contributed by atoms with Crippen LogP contribution in [0.15, 0.2) is 82.9 Å². The molecule has 0 radical (unpaired) electrons. The summed E-state index contributed by atoms with van der Waals surface area (Å²) in [4.78, 5) is 54.2. The Morgan fingerprint density at radius 1 is 0.846 bits per heavy atom. The third-order valence-electron chi connectivity index (χ3n) is 8.55. The fraction of sp³-hybridized carbons (Fsp3) is 0.375. The van der Waals surface area contributed by atoms with Crippen molar-refractivity contribution in [2.24, 2.45) is 0 Å². The molecule has 0 saturated carbocycles. The van der Waals surface area contributed by atoms with Crippen LogP contribution in [0.5, 0.6) is 0 Å². The molecule has 0 spiro atoms. The minimum Gasteiger partial charge on any atom is -0.374 e. The average molecular weight is 738 g/mol. The summed E-state index contributed by atoms with van der Waals surface area (Å²) in [6.07, 6.45) is -2.29. The minimum atomic E-state index is -4.80. The van der Waals surface area contributed by atoms with Gasteiger partial charge in [0.05, 0.1) is 38.9 Å². The lowest BCUT2D eigenvalue weighted by atomic mass is 10.1. The Hall–Kier alpha value is -4.85. The van der Waals surface area contributed by atoms with Crippen molar-refractivity contribution in [1.29, 1.82) is 0 Å². The molecule has 52 heavy (non-hydrogen) atoms. The number of fused-ring (bicyclic) bond motifs is 1. The average Bonchev–Trinajstić information content (AvgIpc) is 3.84. The lowest BCUT2D eigenvalue weighted by Gasteiger charge is -2.23. The molecule has 2 aromatic carbocycles. The molecule has 2 aliphatic heterocycles. The number of hydrogen-bond donors (Lipinski definition) is 4. The second-order valence-electron chi connectivity index (χ2n) is 12.2. The van der Waals surface area contributed by atoms with Crippen molar-refractivity contribution in [3.63, 3.8) is 0 Å². The van der Waals surface area contributed by atoms with Gasteiger partial charge < -0.3 is 35.3 Å². The fourth-order valence-electron chi connectivity index (χ4n) is 6.05. The number of hydrogen-bond acceptors (Lipinski definition) is 15. The summed E-state index contributed by atoms with van der Waals surface area (Å²) in [5, 5.41) is 0. The maximum atomic E-state index is 13.5. The third-order valence-corrected chi connectivity index (χ3v) is 9.56. The van der Waals surface area contributed by atoms with Gasteiger partial charge in [0, 0.05) is 12.8 Å². The molecule has 274 valence electrons. The van der Waals surface area contributed by atoms with Gasteiger partial charge in [-0.2, -0.15) is 9.97 Å². The third kappa shape index (κ3) is 8.27. The van der Waals surface area contributed by atoms with Crippen molar-refractivity contribution in [2.75, 3.05) is 24.7 Å². The van der Waals surface area contributed by atoms with Crippen molar-refractivity contribution < 1.29 is 37.5 Å². The zero-order chi connectivity index (χ0) is 36.2. The number of nitrogens with zero attached hydrogens (tertiary/aromatic N) is 6. The summed E-state index contributed by atoms with van der Waals surface area (Å²) in [6.45, 7) is 0.0114. The monoisotopic (exact) mass is 737 g/mol. The van der Waals surface area contributed by atoms with E-state index in [-0.39, 0.29) is 55.7 Å². The summed E-state index contributed by atoms with van der Waals surface area (Å²) < 4.78 is 51.8. The maximum Gasteiger partial charge on any atom is 0.472 e. The molecule has 5 aromatic rings. The van der Waals surface area contributed by atoms with Gasteiger partial charge in [-0.1, -0.05) is 60.7 Å². The van der Waals surface area contributed by atoms with E-state index < -0.39 is 62.6 Å². The number of aromatic nitrogens is 7. The number of imidazole rings is 1. The first kappa shape index (κ1) is 35.5. The number of ether oxygens (including phenoxy) is 4. The molecule has 0 aliphatic carbocycles. The highest BCUT2D eigenvalue weighted by Crippen LogP contribution is 2.49. The van der Waals surface area contributed by atoms with E-state index in [1.54, 1.807) is 0 Å². The lowest BCUT2D eigenvalue weighted by molar-refractivity contribution is -0.0751. The number of nitrogens with two attached hydrogens (primary N) is 2. The summed E-state index contributed by atoms with van der Waals surface area (Å²) in [5.74, 6) is -0.302. The van der Waals surface area contributed by atoms with Gasteiger partial charge in [-0.25, -0.2) is 19.3 Å². The van der Waals surface area contributed by atoms with Gasteiger partial charge in [-0.3, -0.25) is 28.0 Å². The van der Waals surface area contributed by atoms with Crippen molar-refractivity contribution in [2.45, 2.75) is 62.9 Å². The number of aromatic amines is 1. The zero-order valence-corrected chi connectivity index (χ0v) is 28.4. The van der Waals surface area contributed by atoms with Crippen LogP contribution in [0.1, 0.15) is 36.4 Å². The minimum absolute atomic E-state index is 0.0138. The Morgan fingerprint density at radius 3 is 2.19 bits per heavy atom. The van der Waals surface area contributed by atoms with E-state index >= 15 is 0 Å². The van der Waals surface area contributed by atoms with E-state index in [4.69, 9.17) is 39.5 Å². The number of nitrogens with one attached hydrogen (secondary N) is 1.